The van der Waals surface area contributed by atoms with Crippen LogP contribution in [0.25, 0.3) is 141 Å². The fourth-order valence-corrected chi connectivity index (χ4v) is 12.7. The number of hydrogen-bond donors (Lipinski definition) is 0. The molecule has 0 unspecified atom stereocenters. The summed E-state index contributed by atoms with van der Waals surface area (Å²) in [4.78, 5) is 0. The van der Waals surface area contributed by atoms with Gasteiger partial charge < -0.3 is 0 Å². The molecule has 0 saturated heterocycles. The number of rotatable bonds is 6. The van der Waals surface area contributed by atoms with Crippen LogP contribution in [0.2, 0.25) is 0 Å². The maximum absolute atomic E-state index is 2.60. The van der Waals surface area contributed by atoms with Gasteiger partial charge in [-0.1, -0.05) is 199 Å². The fraction of sp³-hybridized carbons (Fsp3) is 0.130. The third kappa shape index (κ3) is 5.76. The van der Waals surface area contributed by atoms with Gasteiger partial charge in [0, 0.05) is 0 Å². The Morgan fingerprint density at radius 1 is 0.232 bits per heavy atom. The van der Waals surface area contributed by atoms with Gasteiger partial charge in [-0.15, -0.1) is 0 Å². The van der Waals surface area contributed by atoms with Gasteiger partial charge in [0.05, 0.1) is 0 Å². The van der Waals surface area contributed by atoms with Crippen molar-refractivity contribution >= 4 is 108 Å². The van der Waals surface area contributed by atoms with Crippen LogP contribution in [0.5, 0.6) is 0 Å². The second-order valence-electron chi connectivity index (χ2n) is 20.9. The van der Waals surface area contributed by atoms with Crippen molar-refractivity contribution in [2.45, 2.75) is 59.3 Å². The van der Waals surface area contributed by atoms with Crippen LogP contribution < -0.4 is 0 Å². The monoisotopic (exact) mass is 880 g/mol. The minimum atomic E-state index is 0.397. The Hall–Kier alpha value is -7.80. The van der Waals surface area contributed by atoms with Gasteiger partial charge in [-0.3, -0.25) is 0 Å². The molecule has 0 heteroatoms. The first kappa shape index (κ1) is 40.3. The van der Waals surface area contributed by atoms with Gasteiger partial charge >= 0.3 is 0 Å². The molecule has 0 aliphatic heterocycles. The number of benzene rings is 12. The molecule has 0 N–H and O–H groups in total. The van der Waals surface area contributed by atoms with Crippen molar-refractivity contribution in [2.75, 3.05) is 0 Å². The zero-order valence-electron chi connectivity index (χ0n) is 40.1. The highest BCUT2D eigenvalue weighted by molar-refractivity contribution is 6.46. The van der Waals surface area contributed by atoms with E-state index in [1.807, 2.05) is 0 Å². The van der Waals surface area contributed by atoms with Crippen LogP contribution in [-0.2, 0) is 0 Å². The Balaban J connectivity index is 1.20. The lowest BCUT2D eigenvalue weighted by Gasteiger charge is -2.23. The molecule has 0 atom stereocenters. The molecular formula is C69H52. The molecule has 0 amide bonds. The lowest BCUT2D eigenvalue weighted by atomic mass is 9.81. The van der Waals surface area contributed by atoms with Crippen molar-refractivity contribution in [3.63, 3.8) is 0 Å². The van der Waals surface area contributed by atoms with Crippen molar-refractivity contribution in [1.29, 1.82) is 0 Å². The molecule has 69 heavy (non-hydrogen) atoms. The molecule has 0 aliphatic carbocycles. The van der Waals surface area contributed by atoms with Gasteiger partial charge in [-0.05, 0) is 206 Å². The average Bonchev–Trinajstić information content (AvgIpc) is 3.87. The van der Waals surface area contributed by atoms with Gasteiger partial charge in [-0.25, -0.2) is 0 Å². The molecule has 14 rings (SSSR count). The van der Waals surface area contributed by atoms with Crippen LogP contribution in [0, 0.1) is 0 Å². The maximum Gasteiger partial charge on any atom is -0.000697 e. The van der Waals surface area contributed by atoms with Crippen LogP contribution >= 0.6 is 0 Å². The smallest absolute Gasteiger partial charge is 0.000697 e. The van der Waals surface area contributed by atoms with Gasteiger partial charge in [0.15, 0.2) is 0 Å². The van der Waals surface area contributed by atoms with Gasteiger partial charge in [0.1, 0.15) is 0 Å². The van der Waals surface area contributed by atoms with E-state index in [0.717, 1.165) is 0 Å². The lowest BCUT2D eigenvalue weighted by Crippen LogP contribution is -2.03. The van der Waals surface area contributed by atoms with Crippen LogP contribution in [0.3, 0.4) is 0 Å². The Morgan fingerprint density at radius 2 is 0.725 bits per heavy atom. The highest BCUT2D eigenvalue weighted by Gasteiger charge is 2.28. The minimum absolute atomic E-state index is 0.397. The molecule has 0 heterocycles. The second-order valence-corrected chi connectivity index (χ2v) is 20.9. The number of fused-ring (bicyclic) bond motifs is 12. The van der Waals surface area contributed by atoms with Gasteiger partial charge in [0.25, 0.3) is 0 Å². The molecule has 0 spiro atoms. The largest absolute Gasteiger partial charge is 0.0616 e. The molecule has 14 aromatic rings. The molecule has 0 aliphatic rings. The fourth-order valence-electron chi connectivity index (χ4n) is 12.7. The van der Waals surface area contributed by atoms with E-state index in [1.165, 1.54) is 158 Å². The first-order chi connectivity index (χ1) is 33.7. The zero-order valence-corrected chi connectivity index (χ0v) is 40.1. The van der Waals surface area contributed by atoms with Crippen LogP contribution in [0.1, 0.15) is 76.0 Å². The predicted molar refractivity (Wildman–Crippen MR) is 302 cm³/mol. The van der Waals surface area contributed by atoms with E-state index in [9.17, 15) is 0 Å². The predicted octanol–water partition coefficient (Wildman–Crippen LogP) is 20.5. The Labute approximate surface area is 403 Å². The quantitative estimate of drug-likeness (QED) is 0.146. The standard InChI is InChI=1S/C69H52/c1-38(2)49-35-56(39(3)4)62(57(36-49)40(5)6)48-29-30-51-58(34-48)53-22-14-23-54-65(53)59(51)37-61-63(46-27-25-41-15-7-9-17-43(41)31-46)68-55-24-13-21-52-50-20-12-11-19-45(50)33-60(66(52)55)69(68)64(67(54)61)47-28-26-42-16-8-10-18-44(42)32-47/h7-40H,1-6H3. The van der Waals surface area contributed by atoms with Crippen molar-refractivity contribution < 1.29 is 0 Å². The molecule has 0 radical (unpaired) electrons. The summed E-state index contributed by atoms with van der Waals surface area (Å²) >= 11 is 0. The SMILES string of the molecule is CC(C)c1cc(C(C)C)c(-c2ccc3c(c2)c2cccc4c5c(-c6ccc7ccccc7c6)c6c7cc8ccccc8c8cccc(c6c(-c6ccc9ccccc9c6)c5cc3c24)c87)c(C(C)C)c1. The van der Waals surface area contributed by atoms with E-state index < -0.39 is 0 Å². The maximum atomic E-state index is 2.60. The second kappa shape index (κ2) is 14.8. The summed E-state index contributed by atoms with van der Waals surface area (Å²) in [6.07, 6.45) is 0. The van der Waals surface area contributed by atoms with Gasteiger partial charge in [0.2, 0.25) is 0 Å². The van der Waals surface area contributed by atoms with Crippen molar-refractivity contribution in [3.8, 4) is 33.4 Å². The minimum Gasteiger partial charge on any atom is -0.0616 e. The van der Waals surface area contributed by atoms with E-state index in [-0.39, 0.29) is 0 Å². The third-order valence-electron chi connectivity index (χ3n) is 16.0. The molecule has 0 fully saturated rings. The van der Waals surface area contributed by atoms with Crippen molar-refractivity contribution in [1.82, 2.24) is 0 Å². The summed E-state index contributed by atoms with van der Waals surface area (Å²) in [7, 11) is 0. The third-order valence-corrected chi connectivity index (χ3v) is 16.0. The zero-order chi connectivity index (χ0) is 46.4. The number of hydrogen-bond acceptors (Lipinski definition) is 0. The van der Waals surface area contributed by atoms with Crippen molar-refractivity contribution in [3.05, 3.63) is 205 Å². The summed E-state index contributed by atoms with van der Waals surface area (Å²) in [5, 5.41) is 26.1. The highest BCUT2D eigenvalue weighted by Crippen LogP contribution is 2.56. The summed E-state index contributed by atoms with van der Waals surface area (Å²) in [5.41, 5.74) is 12.2. The summed E-state index contributed by atoms with van der Waals surface area (Å²) in [6.45, 7) is 14.1. The Bertz CT molecular complexity index is 4410. The van der Waals surface area contributed by atoms with E-state index in [1.54, 1.807) is 0 Å². The Kier molecular flexibility index (Phi) is 8.67. The van der Waals surface area contributed by atoms with Gasteiger partial charge in [-0.2, -0.15) is 0 Å². The Morgan fingerprint density at radius 3 is 1.36 bits per heavy atom. The summed E-state index contributed by atoms with van der Waals surface area (Å²) < 4.78 is 0. The van der Waals surface area contributed by atoms with Crippen LogP contribution in [0.15, 0.2) is 188 Å². The van der Waals surface area contributed by atoms with E-state index in [0.29, 0.717) is 17.8 Å². The molecule has 0 nitrogen and oxygen atoms in total. The van der Waals surface area contributed by atoms with E-state index in [4.69, 9.17) is 0 Å². The molecular weight excluding hydrogens is 829 g/mol. The molecule has 0 saturated carbocycles. The topological polar surface area (TPSA) is 0 Å². The van der Waals surface area contributed by atoms with Crippen LogP contribution in [-0.4, -0.2) is 0 Å². The molecule has 14 aromatic carbocycles. The normalized spacial score (nSPS) is 12.6. The average molecular weight is 881 g/mol. The first-order valence-corrected chi connectivity index (χ1v) is 25.1. The lowest BCUT2D eigenvalue weighted by molar-refractivity contribution is 0.807. The molecule has 0 bridgehead atoms. The summed E-state index contributed by atoms with van der Waals surface area (Å²) in [6, 6.07) is 72.7. The molecule has 328 valence electrons. The highest BCUT2D eigenvalue weighted by atomic mass is 14.3. The molecule has 0 aromatic heterocycles. The first-order valence-electron chi connectivity index (χ1n) is 25.1. The van der Waals surface area contributed by atoms with Crippen LogP contribution in [0.4, 0.5) is 0 Å². The van der Waals surface area contributed by atoms with Crippen molar-refractivity contribution in [2.24, 2.45) is 0 Å². The summed E-state index contributed by atoms with van der Waals surface area (Å²) in [5.74, 6) is 1.26. The van der Waals surface area contributed by atoms with E-state index >= 15 is 0 Å². The van der Waals surface area contributed by atoms with E-state index in [2.05, 4.69) is 230 Å².